The van der Waals surface area contributed by atoms with E-state index in [2.05, 4.69) is 9.97 Å². The molecule has 4 heteroatoms. The third-order valence-electron chi connectivity index (χ3n) is 2.93. The zero-order chi connectivity index (χ0) is 13.1. The Kier molecular flexibility index (Phi) is 3.37. The largest absolute Gasteiger partial charge is 0.481 e. The van der Waals surface area contributed by atoms with E-state index in [0.717, 1.165) is 11.1 Å². The second kappa shape index (κ2) is 4.96. The molecule has 0 saturated heterocycles. The highest BCUT2D eigenvalue weighted by Crippen LogP contribution is 2.17. The third-order valence-corrected chi connectivity index (χ3v) is 2.93. The Morgan fingerprint density at radius 3 is 2.72 bits per heavy atom. The van der Waals surface area contributed by atoms with Gasteiger partial charge in [-0.05, 0) is 25.0 Å². The fourth-order valence-corrected chi connectivity index (χ4v) is 1.71. The second-order valence-corrected chi connectivity index (χ2v) is 4.02. The standard InChI is InChI=1S/C14H14N2O2/c1-9-5-4-6-11(10(9)2)14(17)12-7-13(18-3)16-8-15-12/h4-8H,1-3H3. The van der Waals surface area contributed by atoms with Crippen LogP contribution in [0.2, 0.25) is 0 Å². The van der Waals surface area contributed by atoms with Gasteiger partial charge in [-0.3, -0.25) is 4.79 Å². The van der Waals surface area contributed by atoms with Crippen LogP contribution in [-0.4, -0.2) is 22.9 Å². The highest BCUT2D eigenvalue weighted by atomic mass is 16.5. The summed E-state index contributed by atoms with van der Waals surface area (Å²) in [5.41, 5.74) is 3.06. The molecule has 0 spiro atoms. The number of aromatic nitrogens is 2. The van der Waals surface area contributed by atoms with E-state index in [0.29, 0.717) is 17.1 Å². The molecule has 18 heavy (non-hydrogen) atoms. The van der Waals surface area contributed by atoms with Crippen molar-refractivity contribution in [2.45, 2.75) is 13.8 Å². The fourth-order valence-electron chi connectivity index (χ4n) is 1.71. The molecule has 4 nitrogen and oxygen atoms in total. The minimum absolute atomic E-state index is 0.114. The van der Waals surface area contributed by atoms with Crippen molar-refractivity contribution < 1.29 is 9.53 Å². The Labute approximate surface area is 106 Å². The first kappa shape index (κ1) is 12.2. The second-order valence-electron chi connectivity index (χ2n) is 4.02. The van der Waals surface area contributed by atoms with Crippen LogP contribution in [-0.2, 0) is 0 Å². The molecule has 92 valence electrons. The molecule has 1 aromatic carbocycles. The molecule has 1 heterocycles. The minimum atomic E-state index is -0.114. The van der Waals surface area contributed by atoms with Gasteiger partial charge in [0.05, 0.1) is 7.11 Å². The molecule has 0 aliphatic heterocycles. The molecule has 0 bridgehead atoms. The summed E-state index contributed by atoms with van der Waals surface area (Å²) in [5.74, 6) is 0.274. The van der Waals surface area contributed by atoms with Crippen molar-refractivity contribution in [3.05, 3.63) is 53.0 Å². The normalized spacial score (nSPS) is 10.2. The Balaban J connectivity index is 2.44. The van der Waals surface area contributed by atoms with Gasteiger partial charge in [0.2, 0.25) is 11.7 Å². The number of hydrogen-bond acceptors (Lipinski definition) is 4. The number of benzene rings is 1. The fraction of sp³-hybridized carbons (Fsp3) is 0.214. The molecule has 0 saturated carbocycles. The summed E-state index contributed by atoms with van der Waals surface area (Å²) in [6.45, 7) is 3.91. The van der Waals surface area contributed by atoms with E-state index in [1.54, 1.807) is 12.1 Å². The van der Waals surface area contributed by atoms with Crippen molar-refractivity contribution in [3.8, 4) is 5.88 Å². The van der Waals surface area contributed by atoms with Crippen LogP contribution in [0.1, 0.15) is 27.2 Å². The molecule has 2 rings (SSSR count). The number of ether oxygens (including phenoxy) is 1. The van der Waals surface area contributed by atoms with Gasteiger partial charge in [0.1, 0.15) is 12.0 Å². The first-order chi connectivity index (χ1) is 8.63. The number of hydrogen-bond donors (Lipinski definition) is 0. The van der Waals surface area contributed by atoms with Crippen molar-refractivity contribution in [3.63, 3.8) is 0 Å². The van der Waals surface area contributed by atoms with E-state index < -0.39 is 0 Å². The molecule has 1 aromatic heterocycles. The SMILES string of the molecule is COc1cc(C(=O)c2cccc(C)c2C)ncn1. The predicted octanol–water partition coefficient (Wildman–Crippen LogP) is 2.33. The van der Waals surface area contributed by atoms with E-state index in [4.69, 9.17) is 4.74 Å². The topological polar surface area (TPSA) is 52.1 Å². The van der Waals surface area contributed by atoms with Crippen LogP contribution in [0.4, 0.5) is 0 Å². The average molecular weight is 242 g/mol. The summed E-state index contributed by atoms with van der Waals surface area (Å²) < 4.78 is 4.99. The quantitative estimate of drug-likeness (QED) is 0.775. The van der Waals surface area contributed by atoms with E-state index in [-0.39, 0.29) is 5.78 Å². The van der Waals surface area contributed by atoms with Gasteiger partial charge in [0, 0.05) is 11.6 Å². The number of rotatable bonds is 3. The van der Waals surface area contributed by atoms with E-state index in [9.17, 15) is 4.79 Å². The lowest BCUT2D eigenvalue weighted by Gasteiger charge is -2.07. The van der Waals surface area contributed by atoms with E-state index >= 15 is 0 Å². The lowest BCUT2D eigenvalue weighted by Crippen LogP contribution is -2.07. The van der Waals surface area contributed by atoms with Crippen LogP contribution in [0.25, 0.3) is 0 Å². The minimum Gasteiger partial charge on any atom is -0.481 e. The predicted molar refractivity (Wildman–Crippen MR) is 67.9 cm³/mol. The summed E-state index contributed by atoms with van der Waals surface area (Å²) >= 11 is 0. The maximum Gasteiger partial charge on any atom is 0.216 e. The van der Waals surface area contributed by atoms with Crippen LogP contribution in [0.5, 0.6) is 5.88 Å². The first-order valence-corrected chi connectivity index (χ1v) is 5.60. The van der Waals surface area contributed by atoms with Crippen molar-refractivity contribution in [1.82, 2.24) is 9.97 Å². The summed E-state index contributed by atoms with van der Waals surface area (Å²) in [7, 11) is 1.51. The highest BCUT2D eigenvalue weighted by molar-refractivity contribution is 6.08. The number of carbonyl (C=O) groups is 1. The van der Waals surface area contributed by atoms with Crippen LogP contribution in [0.3, 0.4) is 0 Å². The summed E-state index contributed by atoms with van der Waals surface area (Å²) in [4.78, 5) is 20.2. The lowest BCUT2D eigenvalue weighted by molar-refractivity contribution is 0.103. The molecule has 0 N–H and O–H groups in total. The van der Waals surface area contributed by atoms with Gasteiger partial charge >= 0.3 is 0 Å². The summed E-state index contributed by atoms with van der Waals surface area (Å²) in [5, 5.41) is 0. The van der Waals surface area contributed by atoms with Crippen molar-refractivity contribution in [2.75, 3.05) is 7.11 Å². The van der Waals surface area contributed by atoms with Gasteiger partial charge in [-0.15, -0.1) is 0 Å². The molecule has 0 amide bonds. The Morgan fingerprint density at radius 2 is 2.00 bits per heavy atom. The molecule has 0 fully saturated rings. The smallest absolute Gasteiger partial charge is 0.216 e. The van der Waals surface area contributed by atoms with Crippen LogP contribution in [0, 0.1) is 13.8 Å². The molecule has 0 aliphatic rings. The number of methoxy groups -OCH3 is 1. The molecule has 0 atom stereocenters. The van der Waals surface area contributed by atoms with Gasteiger partial charge in [0.15, 0.2) is 0 Å². The molecule has 2 aromatic rings. The molecule has 0 radical (unpaired) electrons. The lowest BCUT2D eigenvalue weighted by atomic mass is 9.98. The van der Waals surface area contributed by atoms with Gasteiger partial charge in [-0.1, -0.05) is 18.2 Å². The van der Waals surface area contributed by atoms with Crippen LogP contribution in [0.15, 0.2) is 30.6 Å². The van der Waals surface area contributed by atoms with E-state index in [1.807, 2.05) is 26.0 Å². The third kappa shape index (κ3) is 2.22. The highest BCUT2D eigenvalue weighted by Gasteiger charge is 2.14. The number of nitrogens with zero attached hydrogens (tertiary/aromatic N) is 2. The molecular weight excluding hydrogens is 228 g/mol. The first-order valence-electron chi connectivity index (χ1n) is 5.60. The Morgan fingerprint density at radius 1 is 1.22 bits per heavy atom. The van der Waals surface area contributed by atoms with Crippen molar-refractivity contribution in [2.24, 2.45) is 0 Å². The van der Waals surface area contributed by atoms with Gasteiger partial charge in [-0.2, -0.15) is 0 Å². The molecule has 0 unspecified atom stereocenters. The zero-order valence-electron chi connectivity index (χ0n) is 10.6. The zero-order valence-corrected chi connectivity index (χ0v) is 10.6. The number of ketones is 1. The van der Waals surface area contributed by atoms with Crippen molar-refractivity contribution in [1.29, 1.82) is 0 Å². The number of aryl methyl sites for hydroxylation is 1. The maximum atomic E-state index is 12.3. The van der Waals surface area contributed by atoms with E-state index in [1.165, 1.54) is 13.4 Å². The molecular formula is C14H14N2O2. The Bertz CT molecular complexity index is 594. The van der Waals surface area contributed by atoms with Crippen LogP contribution >= 0.6 is 0 Å². The maximum absolute atomic E-state index is 12.3. The van der Waals surface area contributed by atoms with Gasteiger partial charge in [-0.25, -0.2) is 9.97 Å². The van der Waals surface area contributed by atoms with Crippen LogP contribution < -0.4 is 4.74 Å². The average Bonchev–Trinajstić information content (AvgIpc) is 2.41. The Hall–Kier alpha value is -2.23. The summed E-state index contributed by atoms with van der Waals surface area (Å²) in [6.07, 6.45) is 1.33. The van der Waals surface area contributed by atoms with Gasteiger partial charge in [0.25, 0.3) is 0 Å². The van der Waals surface area contributed by atoms with Crippen molar-refractivity contribution >= 4 is 5.78 Å². The summed E-state index contributed by atoms with van der Waals surface area (Å²) in [6, 6.07) is 7.20. The molecule has 0 aliphatic carbocycles. The number of carbonyl (C=O) groups excluding carboxylic acids is 1. The van der Waals surface area contributed by atoms with Gasteiger partial charge < -0.3 is 4.74 Å². The monoisotopic (exact) mass is 242 g/mol.